The fourth-order valence-corrected chi connectivity index (χ4v) is 3.30. The van der Waals surface area contributed by atoms with Gasteiger partial charge in [-0.15, -0.1) is 0 Å². The Morgan fingerprint density at radius 2 is 1.81 bits per heavy atom. The molecule has 2 heterocycles. The van der Waals surface area contributed by atoms with Crippen LogP contribution in [0.1, 0.15) is 38.5 Å². The van der Waals surface area contributed by atoms with Crippen LogP contribution in [0.4, 0.5) is 17.8 Å². The predicted octanol–water partition coefficient (Wildman–Crippen LogP) is 0.795. The van der Waals surface area contributed by atoms with Crippen LogP contribution in [0.2, 0.25) is 0 Å². The summed E-state index contributed by atoms with van der Waals surface area (Å²) in [6.45, 7) is 2.48. The van der Waals surface area contributed by atoms with E-state index in [4.69, 9.17) is 5.73 Å². The van der Waals surface area contributed by atoms with Crippen molar-refractivity contribution in [2.24, 2.45) is 0 Å². The molecule has 7 nitrogen and oxygen atoms in total. The van der Waals surface area contributed by atoms with Crippen molar-refractivity contribution >= 4 is 17.8 Å². The lowest BCUT2D eigenvalue weighted by molar-refractivity contribution is 0.0556. The van der Waals surface area contributed by atoms with E-state index in [-0.39, 0.29) is 5.95 Å². The van der Waals surface area contributed by atoms with Crippen LogP contribution in [0.25, 0.3) is 0 Å². The lowest BCUT2D eigenvalue weighted by atomic mass is 10.0. The molecule has 1 aromatic heterocycles. The molecule has 0 radical (unpaired) electrons. The van der Waals surface area contributed by atoms with Gasteiger partial charge in [0.2, 0.25) is 17.8 Å². The molecule has 116 valence electrons. The van der Waals surface area contributed by atoms with Crippen molar-refractivity contribution in [2.75, 3.05) is 42.2 Å². The van der Waals surface area contributed by atoms with E-state index >= 15 is 0 Å². The van der Waals surface area contributed by atoms with E-state index < -0.39 is 5.60 Å². The molecule has 0 aromatic carbocycles. The number of rotatable bonds is 4. The Morgan fingerprint density at radius 3 is 2.48 bits per heavy atom. The Balaban J connectivity index is 1.77. The molecule has 0 bridgehead atoms. The zero-order chi connectivity index (χ0) is 14.9. The molecule has 0 atom stereocenters. The third-order valence-electron chi connectivity index (χ3n) is 4.43. The Kier molecular flexibility index (Phi) is 3.84. The summed E-state index contributed by atoms with van der Waals surface area (Å²) in [6.07, 6.45) is 6.19. The van der Waals surface area contributed by atoms with E-state index in [1.54, 1.807) is 0 Å². The minimum atomic E-state index is -0.621. The standard InChI is InChI=1S/C14H24N6O/c1-19(10-14(21)6-2-3-7-14)12-16-11(15)17-13(18-12)20-8-4-5-9-20/h21H,2-10H2,1H3,(H2,15,16,17,18). The first-order valence-electron chi connectivity index (χ1n) is 7.76. The highest BCUT2D eigenvalue weighted by Gasteiger charge is 2.33. The van der Waals surface area contributed by atoms with Crippen LogP contribution in [0.15, 0.2) is 0 Å². The first-order valence-corrected chi connectivity index (χ1v) is 7.76. The van der Waals surface area contributed by atoms with E-state index in [0.29, 0.717) is 18.4 Å². The molecule has 7 heteroatoms. The smallest absolute Gasteiger partial charge is 0.231 e. The Bertz CT molecular complexity index is 496. The minimum absolute atomic E-state index is 0.243. The van der Waals surface area contributed by atoms with E-state index in [2.05, 4.69) is 19.9 Å². The maximum absolute atomic E-state index is 10.5. The van der Waals surface area contributed by atoms with E-state index in [0.717, 1.165) is 51.6 Å². The van der Waals surface area contributed by atoms with E-state index in [1.807, 2.05) is 11.9 Å². The molecule has 0 spiro atoms. The van der Waals surface area contributed by atoms with Crippen LogP contribution in [-0.2, 0) is 0 Å². The lowest BCUT2D eigenvalue weighted by Crippen LogP contribution is -2.40. The summed E-state index contributed by atoms with van der Waals surface area (Å²) < 4.78 is 0. The molecule has 0 unspecified atom stereocenters. The third-order valence-corrected chi connectivity index (χ3v) is 4.43. The Labute approximate surface area is 125 Å². The summed E-state index contributed by atoms with van der Waals surface area (Å²) in [7, 11) is 1.90. The van der Waals surface area contributed by atoms with E-state index in [9.17, 15) is 5.11 Å². The second kappa shape index (κ2) is 5.63. The quantitative estimate of drug-likeness (QED) is 0.848. The normalized spacial score (nSPS) is 21.0. The number of anilines is 3. The van der Waals surface area contributed by atoms with Crippen molar-refractivity contribution < 1.29 is 5.11 Å². The topological polar surface area (TPSA) is 91.4 Å². The number of likely N-dealkylation sites (N-methyl/N-ethyl adjacent to an activating group) is 1. The Morgan fingerprint density at radius 1 is 1.14 bits per heavy atom. The number of nitrogen functional groups attached to an aromatic ring is 1. The van der Waals surface area contributed by atoms with Gasteiger partial charge >= 0.3 is 0 Å². The molecule has 3 rings (SSSR count). The van der Waals surface area contributed by atoms with Crippen molar-refractivity contribution in [2.45, 2.75) is 44.1 Å². The molecule has 21 heavy (non-hydrogen) atoms. The van der Waals surface area contributed by atoms with Crippen LogP contribution >= 0.6 is 0 Å². The fourth-order valence-electron chi connectivity index (χ4n) is 3.30. The molecular weight excluding hydrogens is 268 g/mol. The van der Waals surface area contributed by atoms with Crippen LogP contribution in [-0.4, -0.2) is 52.3 Å². The van der Waals surface area contributed by atoms with Gasteiger partial charge in [-0.1, -0.05) is 12.8 Å². The van der Waals surface area contributed by atoms with Gasteiger partial charge in [0, 0.05) is 26.7 Å². The molecule has 2 fully saturated rings. The largest absolute Gasteiger partial charge is 0.388 e. The molecule has 2 aliphatic rings. The fraction of sp³-hybridized carbons (Fsp3) is 0.786. The number of hydrogen-bond acceptors (Lipinski definition) is 7. The van der Waals surface area contributed by atoms with Crippen molar-refractivity contribution in [3.8, 4) is 0 Å². The summed E-state index contributed by atoms with van der Waals surface area (Å²) in [6, 6.07) is 0. The number of nitrogens with zero attached hydrogens (tertiary/aromatic N) is 5. The summed E-state index contributed by atoms with van der Waals surface area (Å²) in [5.74, 6) is 1.44. The van der Waals surface area contributed by atoms with Crippen molar-refractivity contribution in [1.82, 2.24) is 15.0 Å². The molecule has 1 aliphatic carbocycles. The maximum atomic E-state index is 10.5. The van der Waals surface area contributed by atoms with Gasteiger partial charge in [-0.25, -0.2) is 0 Å². The summed E-state index contributed by atoms with van der Waals surface area (Å²) >= 11 is 0. The van der Waals surface area contributed by atoms with Gasteiger partial charge in [0.05, 0.1) is 5.60 Å². The second-order valence-corrected chi connectivity index (χ2v) is 6.28. The predicted molar refractivity (Wildman–Crippen MR) is 82.4 cm³/mol. The van der Waals surface area contributed by atoms with Gasteiger partial charge in [-0.05, 0) is 25.7 Å². The van der Waals surface area contributed by atoms with Crippen LogP contribution in [0.5, 0.6) is 0 Å². The summed E-state index contributed by atoms with van der Waals surface area (Å²) in [4.78, 5) is 17.0. The van der Waals surface area contributed by atoms with Gasteiger partial charge in [0.25, 0.3) is 0 Å². The number of nitrogens with two attached hydrogens (primary N) is 1. The highest BCUT2D eigenvalue weighted by molar-refractivity contribution is 5.43. The maximum Gasteiger partial charge on any atom is 0.231 e. The Hall–Kier alpha value is -1.63. The summed E-state index contributed by atoms with van der Waals surface area (Å²) in [5, 5.41) is 10.5. The van der Waals surface area contributed by atoms with Gasteiger partial charge < -0.3 is 20.6 Å². The molecular formula is C14H24N6O. The SMILES string of the molecule is CN(CC1(O)CCCC1)c1nc(N)nc(N2CCCC2)n1. The first-order chi connectivity index (χ1) is 10.1. The second-order valence-electron chi connectivity index (χ2n) is 6.28. The average molecular weight is 292 g/mol. The molecule has 0 amide bonds. The third kappa shape index (κ3) is 3.18. The number of aliphatic hydroxyl groups is 1. The molecule has 1 saturated heterocycles. The molecule has 1 aliphatic heterocycles. The number of hydrogen-bond donors (Lipinski definition) is 2. The van der Waals surface area contributed by atoms with Gasteiger partial charge in [-0.3, -0.25) is 0 Å². The summed E-state index contributed by atoms with van der Waals surface area (Å²) in [5.41, 5.74) is 5.21. The van der Waals surface area contributed by atoms with Crippen LogP contribution in [0.3, 0.4) is 0 Å². The van der Waals surface area contributed by atoms with Crippen LogP contribution in [0, 0.1) is 0 Å². The average Bonchev–Trinajstić information content (AvgIpc) is 3.09. The molecule has 1 aromatic rings. The first kappa shape index (κ1) is 14.3. The van der Waals surface area contributed by atoms with Gasteiger partial charge in [-0.2, -0.15) is 15.0 Å². The van der Waals surface area contributed by atoms with Crippen molar-refractivity contribution in [1.29, 1.82) is 0 Å². The van der Waals surface area contributed by atoms with Crippen molar-refractivity contribution in [3.05, 3.63) is 0 Å². The van der Waals surface area contributed by atoms with Crippen molar-refractivity contribution in [3.63, 3.8) is 0 Å². The zero-order valence-corrected chi connectivity index (χ0v) is 12.6. The highest BCUT2D eigenvalue weighted by Crippen LogP contribution is 2.31. The van der Waals surface area contributed by atoms with Gasteiger partial charge in [0.1, 0.15) is 0 Å². The highest BCUT2D eigenvalue weighted by atomic mass is 16.3. The monoisotopic (exact) mass is 292 g/mol. The number of aromatic nitrogens is 3. The minimum Gasteiger partial charge on any atom is -0.388 e. The zero-order valence-electron chi connectivity index (χ0n) is 12.6. The van der Waals surface area contributed by atoms with E-state index in [1.165, 1.54) is 0 Å². The van der Waals surface area contributed by atoms with Gasteiger partial charge in [0.15, 0.2) is 0 Å². The lowest BCUT2D eigenvalue weighted by Gasteiger charge is -2.29. The molecule has 3 N–H and O–H groups in total. The van der Waals surface area contributed by atoms with Crippen LogP contribution < -0.4 is 15.5 Å². The molecule has 1 saturated carbocycles.